The number of aryl methyl sites for hydroxylation is 2. The van der Waals surface area contributed by atoms with E-state index in [4.69, 9.17) is 0 Å². The van der Waals surface area contributed by atoms with Gasteiger partial charge in [-0.25, -0.2) is 0 Å². The molecule has 3 rings (SSSR count). The van der Waals surface area contributed by atoms with Gasteiger partial charge in [0.1, 0.15) is 5.69 Å². The number of amides is 1. The standard InChI is InChI=1S/C19H26N4O2/c1-15-12-17(22(2)21-15)18(25)20-19(14-24)8-10-23(11-9-19)13-16-6-4-3-5-7-16/h3-7,12,24H,8-11,13-14H2,1-2H3,(H,20,25). The van der Waals surface area contributed by atoms with Crippen LogP contribution in [0.3, 0.4) is 0 Å². The number of benzene rings is 1. The first kappa shape index (κ1) is 17.6. The van der Waals surface area contributed by atoms with Gasteiger partial charge >= 0.3 is 0 Å². The van der Waals surface area contributed by atoms with Gasteiger partial charge in [-0.05, 0) is 31.4 Å². The van der Waals surface area contributed by atoms with E-state index in [2.05, 4.69) is 27.4 Å². The van der Waals surface area contributed by atoms with Gasteiger partial charge in [0, 0.05) is 26.7 Å². The van der Waals surface area contributed by atoms with E-state index in [9.17, 15) is 9.90 Å². The topological polar surface area (TPSA) is 70.4 Å². The van der Waals surface area contributed by atoms with E-state index < -0.39 is 5.54 Å². The lowest BCUT2D eigenvalue weighted by molar-refractivity contribution is 0.0595. The molecule has 0 unspecified atom stereocenters. The van der Waals surface area contributed by atoms with Crippen LogP contribution in [-0.2, 0) is 13.6 Å². The zero-order chi connectivity index (χ0) is 17.9. The molecule has 2 N–H and O–H groups in total. The summed E-state index contributed by atoms with van der Waals surface area (Å²) in [5.41, 5.74) is 2.07. The highest BCUT2D eigenvalue weighted by molar-refractivity contribution is 5.93. The molecule has 6 nitrogen and oxygen atoms in total. The third kappa shape index (κ3) is 4.08. The number of carbonyl (C=O) groups is 1. The average Bonchev–Trinajstić information content (AvgIpc) is 2.96. The highest BCUT2D eigenvalue weighted by atomic mass is 16.3. The molecule has 2 heterocycles. The summed E-state index contributed by atoms with van der Waals surface area (Å²) in [5, 5.41) is 17.2. The predicted octanol–water partition coefficient (Wildman–Crippen LogP) is 1.49. The normalized spacial score (nSPS) is 17.4. The minimum Gasteiger partial charge on any atom is -0.394 e. The molecule has 134 valence electrons. The molecule has 1 aliphatic heterocycles. The van der Waals surface area contributed by atoms with Crippen molar-refractivity contribution in [2.75, 3.05) is 19.7 Å². The maximum absolute atomic E-state index is 12.6. The third-order valence-electron chi connectivity index (χ3n) is 4.98. The number of hydrogen-bond donors (Lipinski definition) is 2. The lowest BCUT2D eigenvalue weighted by Crippen LogP contribution is -2.57. The molecule has 1 aromatic heterocycles. The van der Waals surface area contributed by atoms with Crippen LogP contribution < -0.4 is 5.32 Å². The molecule has 0 atom stereocenters. The minimum atomic E-state index is -0.553. The molecule has 0 saturated carbocycles. The zero-order valence-corrected chi connectivity index (χ0v) is 14.9. The second-order valence-electron chi connectivity index (χ2n) is 6.95. The van der Waals surface area contributed by atoms with Crippen molar-refractivity contribution in [3.05, 3.63) is 53.3 Å². The van der Waals surface area contributed by atoms with Crippen LogP contribution in [0, 0.1) is 6.92 Å². The third-order valence-corrected chi connectivity index (χ3v) is 4.98. The largest absolute Gasteiger partial charge is 0.394 e. The molecule has 1 aliphatic rings. The van der Waals surface area contributed by atoms with E-state index in [0.29, 0.717) is 5.69 Å². The molecule has 1 aromatic carbocycles. The first-order valence-electron chi connectivity index (χ1n) is 8.72. The molecule has 1 saturated heterocycles. The van der Waals surface area contributed by atoms with Crippen LogP contribution in [0.25, 0.3) is 0 Å². The Morgan fingerprint density at radius 3 is 2.52 bits per heavy atom. The molecule has 1 fully saturated rings. The maximum Gasteiger partial charge on any atom is 0.270 e. The number of aromatic nitrogens is 2. The summed E-state index contributed by atoms with van der Waals surface area (Å²) in [6.07, 6.45) is 1.47. The number of piperidine rings is 1. The number of carbonyl (C=O) groups excluding carboxylic acids is 1. The van der Waals surface area contributed by atoms with Crippen molar-refractivity contribution in [3.63, 3.8) is 0 Å². The van der Waals surface area contributed by atoms with Crippen LogP contribution in [-0.4, -0.2) is 50.9 Å². The molecule has 0 radical (unpaired) electrons. The van der Waals surface area contributed by atoms with E-state index in [1.165, 1.54) is 5.56 Å². The van der Waals surface area contributed by atoms with Crippen LogP contribution in [0.2, 0.25) is 0 Å². The maximum atomic E-state index is 12.6. The second-order valence-corrected chi connectivity index (χ2v) is 6.95. The lowest BCUT2D eigenvalue weighted by Gasteiger charge is -2.41. The van der Waals surface area contributed by atoms with Gasteiger partial charge in [0.25, 0.3) is 5.91 Å². The Balaban J connectivity index is 1.61. The fourth-order valence-electron chi connectivity index (χ4n) is 3.43. The number of hydrogen-bond acceptors (Lipinski definition) is 4. The zero-order valence-electron chi connectivity index (χ0n) is 14.9. The molecule has 2 aromatic rings. The minimum absolute atomic E-state index is 0.0469. The Kier molecular flexibility index (Phi) is 5.20. The van der Waals surface area contributed by atoms with Crippen molar-refractivity contribution in [2.24, 2.45) is 7.05 Å². The summed E-state index contributed by atoms with van der Waals surface area (Å²) in [4.78, 5) is 15.0. The summed E-state index contributed by atoms with van der Waals surface area (Å²) in [7, 11) is 1.76. The summed E-state index contributed by atoms with van der Waals surface area (Å²) in [6.45, 7) is 4.41. The van der Waals surface area contributed by atoms with Gasteiger partial charge in [-0.1, -0.05) is 30.3 Å². The van der Waals surface area contributed by atoms with Gasteiger partial charge in [-0.2, -0.15) is 5.10 Å². The molecule has 6 heteroatoms. The Hall–Kier alpha value is -2.18. The van der Waals surface area contributed by atoms with E-state index in [1.54, 1.807) is 17.8 Å². The molecule has 0 aliphatic carbocycles. The van der Waals surface area contributed by atoms with Gasteiger partial charge in [0.2, 0.25) is 0 Å². The fraction of sp³-hybridized carbons (Fsp3) is 0.474. The van der Waals surface area contributed by atoms with E-state index in [-0.39, 0.29) is 12.5 Å². The summed E-state index contributed by atoms with van der Waals surface area (Å²) < 4.78 is 1.58. The highest BCUT2D eigenvalue weighted by Gasteiger charge is 2.36. The van der Waals surface area contributed by atoms with Crippen LogP contribution in [0.1, 0.15) is 34.6 Å². The van der Waals surface area contributed by atoms with Gasteiger partial charge in [-0.3, -0.25) is 14.4 Å². The summed E-state index contributed by atoms with van der Waals surface area (Å²) in [5.74, 6) is -0.173. The van der Waals surface area contributed by atoms with E-state index in [0.717, 1.165) is 38.2 Å². The smallest absolute Gasteiger partial charge is 0.270 e. The van der Waals surface area contributed by atoms with Gasteiger partial charge in [-0.15, -0.1) is 0 Å². The molecular formula is C19H26N4O2. The van der Waals surface area contributed by atoms with Crippen LogP contribution in [0.5, 0.6) is 0 Å². The molecule has 0 bridgehead atoms. The quantitative estimate of drug-likeness (QED) is 0.864. The highest BCUT2D eigenvalue weighted by Crippen LogP contribution is 2.24. The molecule has 25 heavy (non-hydrogen) atoms. The Bertz CT molecular complexity index is 718. The van der Waals surface area contributed by atoms with Crippen molar-refractivity contribution in [2.45, 2.75) is 31.8 Å². The SMILES string of the molecule is Cc1cc(C(=O)NC2(CO)CCN(Cc3ccccc3)CC2)n(C)n1. The van der Waals surface area contributed by atoms with Crippen molar-refractivity contribution in [1.29, 1.82) is 0 Å². The van der Waals surface area contributed by atoms with Crippen molar-refractivity contribution < 1.29 is 9.90 Å². The number of likely N-dealkylation sites (tertiary alicyclic amines) is 1. The molecule has 0 spiro atoms. The van der Waals surface area contributed by atoms with Crippen molar-refractivity contribution >= 4 is 5.91 Å². The number of aliphatic hydroxyl groups is 1. The summed E-state index contributed by atoms with van der Waals surface area (Å²) in [6, 6.07) is 12.1. The number of nitrogens with zero attached hydrogens (tertiary/aromatic N) is 3. The Morgan fingerprint density at radius 1 is 1.28 bits per heavy atom. The average molecular weight is 342 g/mol. The van der Waals surface area contributed by atoms with Crippen LogP contribution in [0.15, 0.2) is 36.4 Å². The van der Waals surface area contributed by atoms with Crippen LogP contribution >= 0.6 is 0 Å². The lowest BCUT2D eigenvalue weighted by atomic mass is 9.87. The molecular weight excluding hydrogens is 316 g/mol. The predicted molar refractivity (Wildman–Crippen MR) is 96.2 cm³/mol. The number of nitrogens with one attached hydrogen (secondary N) is 1. The molecule has 1 amide bonds. The van der Waals surface area contributed by atoms with Crippen LogP contribution in [0.4, 0.5) is 0 Å². The summed E-state index contributed by atoms with van der Waals surface area (Å²) >= 11 is 0. The first-order chi connectivity index (χ1) is 12.0. The second kappa shape index (κ2) is 7.37. The van der Waals surface area contributed by atoms with Crippen molar-refractivity contribution in [3.8, 4) is 0 Å². The number of aliphatic hydroxyl groups excluding tert-OH is 1. The van der Waals surface area contributed by atoms with Gasteiger partial charge in [0.05, 0.1) is 17.8 Å². The van der Waals surface area contributed by atoms with Gasteiger partial charge < -0.3 is 10.4 Å². The Labute approximate surface area is 148 Å². The monoisotopic (exact) mass is 342 g/mol. The first-order valence-corrected chi connectivity index (χ1v) is 8.72. The number of rotatable bonds is 5. The fourth-order valence-corrected chi connectivity index (χ4v) is 3.43. The van der Waals surface area contributed by atoms with Gasteiger partial charge in [0.15, 0.2) is 0 Å². The van der Waals surface area contributed by atoms with E-state index in [1.807, 2.05) is 25.1 Å². The Morgan fingerprint density at radius 2 is 1.96 bits per heavy atom. The van der Waals surface area contributed by atoms with Crippen molar-refractivity contribution in [1.82, 2.24) is 20.0 Å². The van der Waals surface area contributed by atoms with E-state index >= 15 is 0 Å².